The SMILES string of the molecule is O=C(C=Cc1cccc(OCc2ccc(C(F)(F)F)cc2)c1)N1CCC(c2cccc(C(F)(F)F)c2)CC1. The third-order valence-electron chi connectivity index (χ3n) is 6.46. The normalized spacial score (nSPS) is 15.2. The van der Waals surface area contributed by atoms with Crippen molar-refractivity contribution in [2.45, 2.75) is 37.7 Å². The molecule has 0 unspecified atom stereocenters. The van der Waals surface area contributed by atoms with Crippen LogP contribution in [-0.4, -0.2) is 23.9 Å². The van der Waals surface area contributed by atoms with Crippen molar-refractivity contribution in [1.29, 1.82) is 0 Å². The Bertz CT molecular complexity index is 1270. The number of carbonyl (C=O) groups excluding carboxylic acids is 1. The number of halogens is 6. The van der Waals surface area contributed by atoms with E-state index in [0.717, 1.165) is 18.2 Å². The number of hydrogen-bond donors (Lipinski definition) is 0. The molecule has 0 aliphatic carbocycles. The van der Waals surface area contributed by atoms with E-state index in [-0.39, 0.29) is 18.4 Å². The van der Waals surface area contributed by atoms with Gasteiger partial charge >= 0.3 is 12.4 Å². The van der Waals surface area contributed by atoms with Gasteiger partial charge in [-0.1, -0.05) is 42.5 Å². The Labute approximate surface area is 216 Å². The molecule has 0 saturated carbocycles. The van der Waals surface area contributed by atoms with Crippen LogP contribution in [0.2, 0.25) is 0 Å². The van der Waals surface area contributed by atoms with Gasteiger partial charge in [0.2, 0.25) is 5.91 Å². The fraction of sp³-hybridized carbons (Fsp3) is 0.276. The molecule has 9 heteroatoms. The molecule has 0 spiro atoms. The molecule has 1 saturated heterocycles. The maximum absolute atomic E-state index is 13.0. The van der Waals surface area contributed by atoms with Gasteiger partial charge in [0.1, 0.15) is 12.4 Å². The number of alkyl halides is 6. The summed E-state index contributed by atoms with van der Waals surface area (Å²) in [6, 6.07) is 17.1. The predicted octanol–water partition coefficient (Wildman–Crippen LogP) is 7.72. The molecule has 0 N–H and O–H groups in total. The van der Waals surface area contributed by atoms with Crippen molar-refractivity contribution >= 4 is 12.0 Å². The molecule has 0 bridgehead atoms. The average molecular weight is 534 g/mol. The number of piperidine rings is 1. The Balaban J connectivity index is 1.29. The first-order valence-corrected chi connectivity index (χ1v) is 12.0. The van der Waals surface area contributed by atoms with Crippen molar-refractivity contribution < 1.29 is 35.9 Å². The molecule has 0 radical (unpaired) electrons. The van der Waals surface area contributed by atoms with Crippen molar-refractivity contribution in [3.8, 4) is 5.75 Å². The van der Waals surface area contributed by atoms with E-state index in [2.05, 4.69) is 0 Å². The van der Waals surface area contributed by atoms with Crippen LogP contribution in [0.15, 0.2) is 78.9 Å². The molecule has 200 valence electrons. The van der Waals surface area contributed by atoms with Crippen molar-refractivity contribution in [2.75, 3.05) is 13.1 Å². The van der Waals surface area contributed by atoms with Crippen LogP contribution in [0.25, 0.3) is 6.08 Å². The van der Waals surface area contributed by atoms with E-state index in [1.807, 2.05) is 0 Å². The van der Waals surface area contributed by atoms with Crippen LogP contribution >= 0.6 is 0 Å². The Morgan fingerprint density at radius 2 is 1.50 bits per heavy atom. The molecule has 1 fully saturated rings. The fourth-order valence-corrected chi connectivity index (χ4v) is 4.34. The first-order valence-electron chi connectivity index (χ1n) is 12.0. The van der Waals surface area contributed by atoms with E-state index in [4.69, 9.17) is 4.74 Å². The van der Waals surface area contributed by atoms with Crippen molar-refractivity contribution in [3.63, 3.8) is 0 Å². The standard InChI is InChI=1S/C29H25F6NO2/c30-28(31,32)24-10-7-21(8-11-24)19-38-26-6-1-3-20(17-26)9-12-27(37)36-15-13-22(14-16-36)23-4-2-5-25(18-23)29(33,34)35/h1-12,17-18,22H,13-16,19H2. The van der Waals surface area contributed by atoms with Gasteiger partial charge in [0.25, 0.3) is 0 Å². The molecule has 0 atom stereocenters. The lowest BCUT2D eigenvalue weighted by molar-refractivity contribution is -0.138. The molecule has 3 aromatic carbocycles. The minimum Gasteiger partial charge on any atom is -0.489 e. The highest BCUT2D eigenvalue weighted by atomic mass is 19.4. The average Bonchev–Trinajstić information content (AvgIpc) is 2.90. The smallest absolute Gasteiger partial charge is 0.416 e. The van der Waals surface area contributed by atoms with E-state index < -0.39 is 23.5 Å². The predicted molar refractivity (Wildman–Crippen MR) is 131 cm³/mol. The third kappa shape index (κ3) is 7.18. The van der Waals surface area contributed by atoms with Crippen LogP contribution in [0.1, 0.15) is 46.6 Å². The first-order chi connectivity index (χ1) is 18.0. The monoisotopic (exact) mass is 533 g/mol. The second-order valence-corrected chi connectivity index (χ2v) is 9.11. The van der Waals surface area contributed by atoms with E-state index in [1.54, 1.807) is 41.3 Å². The first kappa shape index (κ1) is 27.3. The number of rotatable bonds is 6. The largest absolute Gasteiger partial charge is 0.489 e. The quantitative estimate of drug-likeness (QED) is 0.240. The molecule has 1 heterocycles. The van der Waals surface area contributed by atoms with E-state index in [0.29, 0.717) is 48.4 Å². The number of likely N-dealkylation sites (tertiary alicyclic amines) is 1. The highest BCUT2D eigenvalue weighted by Crippen LogP contribution is 2.34. The number of benzene rings is 3. The van der Waals surface area contributed by atoms with Gasteiger partial charge in [-0.25, -0.2) is 0 Å². The molecule has 38 heavy (non-hydrogen) atoms. The van der Waals surface area contributed by atoms with Crippen molar-refractivity contribution in [3.05, 3.63) is 107 Å². The summed E-state index contributed by atoms with van der Waals surface area (Å²) < 4.78 is 82.8. The minimum absolute atomic E-state index is 0.0381. The summed E-state index contributed by atoms with van der Waals surface area (Å²) in [5.74, 6) is 0.272. The summed E-state index contributed by atoms with van der Waals surface area (Å²) in [6.07, 6.45) is -4.54. The highest BCUT2D eigenvalue weighted by molar-refractivity contribution is 5.91. The third-order valence-corrected chi connectivity index (χ3v) is 6.46. The van der Waals surface area contributed by atoms with Gasteiger partial charge in [-0.05, 0) is 71.9 Å². The van der Waals surface area contributed by atoms with Crippen molar-refractivity contribution in [2.24, 2.45) is 0 Å². The summed E-state index contributed by atoms with van der Waals surface area (Å²) in [4.78, 5) is 14.3. The number of carbonyl (C=O) groups is 1. The highest BCUT2D eigenvalue weighted by Gasteiger charge is 2.32. The van der Waals surface area contributed by atoms with E-state index >= 15 is 0 Å². The zero-order valence-electron chi connectivity index (χ0n) is 20.2. The Morgan fingerprint density at radius 1 is 0.842 bits per heavy atom. The fourth-order valence-electron chi connectivity index (χ4n) is 4.34. The molecule has 1 aliphatic rings. The molecule has 3 nitrogen and oxygen atoms in total. The molecular weight excluding hydrogens is 508 g/mol. The summed E-state index contributed by atoms with van der Waals surface area (Å²) in [5.41, 5.74) is 0.542. The van der Waals surface area contributed by atoms with Gasteiger partial charge < -0.3 is 9.64 Å². The van der Waals surface area contributed by atoms with Gasteiger partial charge in [-0.15, -0.1) is 0 Å². The van der Waals surface area contributed by atoms with Crippen LogP contribution in [0.5, 0.6) is 5.75 Å². The van der Waals surface area contributed by atoms with Crippen LogP contribution in [0, 0.1) is 0 Å². The van der Waals surface area contributed by atoms with Gasteiger partial charge in [-0.2, -0.15) is 26.3 Å². The molecule has 4 rings (SSSR count). The molecule has 0 aromatic heterocycles. The van der Waals surface area contributed by atoms with Crippen molar-refractivity contribution in [1.82, 2.24) is 4.90 Å². The minimum atomic E-state index is -4.39. The Morgan fingerprint density at radius 3 is 2.16 bits per heavy atom. The lowest BCUT2D eigenvalue weighted by Crippen LogP contribution is -2.36. The lowest BCUT2D eigenvalue weighted by Gasteiger charge is -2.31. The lowest BCUT2D eigenvalue weighted by atomic mass is 9.88. The van der Waals surface area contributed by atoms with E-state index in [1.165, 1.54) is 30.3 Å². The molecule has 1 aliphatic heterocycles. The second-order valence-electron chi connectivity index (χ2n) is 9.11. The van der Waals surface area contributed by atoms with Gasteiger partial charge in [0.05, 0.1) is 11.1 Å². The van der Waals surface area contributed by atoms with Gasteiger partial charge in [0.15, 0.2) is 0 Å². The number of ether oxygens (including phenoxy) is 1. The van der Waals surface area contributed by atoms with Crippen LogP contribution in [0.4, 0.5) is 26.3 Å². The maximum atomic E-state index is 13.0. The summed E-state index contributed by atoms with van der Waals surface area (Å²) in [7, 11) is 0. The van der Waals surface area contributed by atoms with Crippen LogP contribution in [0.3, 0.4) is 0 Å². The Hall–Kier alpha value is -3.75. The van der Waals surface area contributed by atoms with Gasteiger partial charge in [-0.3, -0.25) is 4.79 Å². The summed E-state index contributed by atoms with van der Waals surface area (Å²) in [5, 5.41) is 0. The Kier molecular flexibility index (Phi) is 8.14. The number of nitrogens with zero attached hydrogens (tertiary/aromatic N) is 1. The topological polar surface area (TPSA) is 29.5 Å². The second kappa shape index (κ2) is 11.3. The molecule has 1 amide bonds. The number of hydrogen-bond acceptors (Lipinski definition) is 2. The van der Waals surface area contributed by atoms with E-state index in [9.17, 15) is 31.1 Å². The zero-order chi connectivity index (χ0) is 27.3. The van der Waals surface area contributed by atoms with Crippen LogP contribution < -0.4 is 4.74 Å². The maximum Gasteiger partial charge on any atom is 0.416 e. The van der Waals surface area contributed by atoms with Gasteiger partial charge in [0, 0.05) is 19.2 Å². The number of amides is 1. The molecule has 3 aromatic rings. The van der Waals surface area contributed by atoms with Crippen LogP contribution in [-0.2, 0) is 23.8 Å². The summed E-state index contributed by atoms with van der Waals surface area (Å²) in [6.45, 7) is 0.978. The zero-order valence-corrected chi connectivity index (χ0v) is 20.2. The summed E-state index contributed by atoms with van der Waals surface area (Å²) >= 11 is 0. The molecular formula is C29H25F6NO2.